The van der Waals surface area contributed by atoms with Crippen LogP contribution in [0, 0.1) is 5.92 Å². The Kier molecular flexibility index (Phi) is 5.63. The summed E-state index contributed by atoms with van der Waals surface area (Å²) in [5.41, 5.74) is 0. The molecule has 0 aromatic carbocycles. The smallest absolute Gasteiger partial charge is 0.170 e. The van der Waals surface area contributed by atoms with Gasteiger partial charge in [0.2, 0.25) is 0 Å². The summed E-state index contributed by atoms with van der Waals surface area (Å²) in [4.78, 5) is 0. The van der Waals surface area contributed by atoms with E-state index in [1.54, 1.807) is 6.92 Å². The molecular weight excluding hydrogens is 204 g/mol. The van der Waals surface area contributed by atoms with Gasteiger partial charge in [-0.2, -0.15) is 0 Å². The first-order valence-corrected chi connectivity index (χ1v) is 6.33. The Hall–Kier alpha value is -0.130. The van der Waals surface area contributed by atoms with Crippen LogP contribution in [-0.4, -0.2) is 39.9 Å². The molecule has 0 saturated heterocycles. The summed E-state index contributed by atoms with van der Waals surface area (Å²) in [7, 11) is -0.264. The number of ether oxygens (including phenoxy) is 2. The zero-order chi connectivity index (χ0) is 11.4. The maximum Gasteiger partial charge on any atom is 0.170 e. The highest BCUT2D eigenvalue weighted by atomic mass is 32.2. The van der Waals surface area contributed by atoms with Gasteiger partial charge < -0.3 is 9.47 Å². The summed E-state index contributed by atoms with van der Waals surface area (Å²) >= 11 is 0. The van der Waals surface area contributed by atoms with E-state index < -0.39 is 16.1 Å². The second-order valence-corrected chi connectivity index (χ2v) is 6.08. The van der Waals surface area contributed by atoms with Crippen molar-refractivity contribution < 1.29 is 17.9 Å². The lowest BCUT2D eigenvalue weighted by atomic mass is 10.2. The van der Waals surface area contributed by atoms with Crippen molar-refractivity contribution in [3.8, 4) is 0 Å². The van der Waals surface area contributed by atoms with Crippen LogP contribution in [0.15, 0.2) is 0 Å². The molecule has 1 atom stereocenters. The van der Waals surface area contributed by atoms with Gasteiger partial charge in [0, 0.05) is 14.2 Å². The van der Waals surface area contributed by atoms with Crippen molar-refractivity contribution in [1.29, 1.82) is 0 Å². The lowest BCUT2D eigenvalue weighted by molar-refractivity contribution is -0.0852. The molecule has 0 aliphatic rings. The van der Waals surface area contributed by atoms with Gasteiger partial charge >= 0.3 is 0 Å². The minimum Gasteiger partial charge on any atom is -0.355 e. The molecule has 0 N–H and O–H groups in total. The van der Waals surface area contributed by atoms with E-state index >= 15 is 0 Å². The number of methoxy groups -OCH3 is 2. The van der Waals surface area contributed by atoms with Gasteiger partial charge in [0.1, 0.15) is 5.75 Å². The molecule has 14 heavy (non-hydrogen) atoms. The highest BCUT2D eigenvalue weighted by molar-refractivity contribution is 7.92. The minimum atomic E-state index is -3.13. The van der Waals surface area contributed by atoms with Crippen molar-refractivity contribution in [3.05, 3.63) is 0 Å². The van der Waals surface area contributed by atoms with Crippen LogP contribution in [0.5, 0.6) is 0 Å². The molecule has 5 heteroatoms. The van der Waals surface area contributed by atoms with Gasteiger partial charge in [-0.1, -0.05) is 13.8 Å². The molecule has 0 fully saturated rings. The third kappa shape index (κ3) is 3.94. The maximum atomic E-state index is 11.7. The van der Waals surface area contributed by atoms with Crippen LogP contribution in [-0.2, 0) is 19.3 Å². The van der Waals surface area contributed by atoms with Crippen molar-refractivity contribution in [2.45, 2.75) is 32.3 Å². The molecule has 0 aliphatic carbocycles. The Balaban J connectivity index is 4.48. The van der Waals surface area contributed by atoms with E-state index in [9.17, 15) is 8.42 Å². The monoisotopic (exact) mass is 224 g/mol. The van der Waals surface area contributed by atoms with Crippen molar-refractivity contribution >= 4 is 9.84 Å². The first-order valence-electron chi connectivity index (χ1n) is 4.62. The average molecular weight is 224 g/mol. The van der Waals surface area contributed by atoms with E-state index in [-0.39, 0.29) is 16.9 Å². The van der Waals surface area contributed by atoms with Crippen molar-refractivity contribution in [3.63, 3.8) is 0 Å². The molecule has 0 radical (unpaired) electrons. The van der Waals surface area contributed by atoms with E-state index in [1.165, 1.54) is 14.2 Å². The Morgan fingerprint density at radius 1 is 1.07 bits per heavy atom. The third-order valence-electron chi connectivity index (χ3n) is 2.40. The fraction of sp³-hybridized carbons (Fsp3) is 1.00. The number of rotatable bonds is 6. The summed E-state index contributed by atoms with van der Waals surface area (Å²) in [6.07, 6.45) is -0.666. The normalized spacial score (nSPS) is 15.1. The average Bonchev–Trinajstić information content (AvgIpc) is 2.12. The van der Waals surface area contributed by atoms with Crippen LogP contribution in [0.25, 0.3) is 0 Å². The first kappa shape index (κ1) is 13.9. The summed E-state index contributed by atoms with van der Waals surface area (Å²) in [6, 6.07) is 0. The molecule has 0 bridgehead atoms. The van der Waals surface area contributed by atoms with Crippen molar-refractivity contribution in [2.75, 3.05) is 20.0 Å². The van der Waals surface area contributed by atoms with Crippen molar-refractivity contribution in [1.82, 2.24) is 0 Å². The van der Waals surface area contributed by atoms with Gasteiger partial charge in [-0.3, -0.25) is 0 Å². The molecule has 0 spiro atoms. The molecule has 0 aliphatic heterocycles. The lowest BCUT2D eigenvalue weighted by Crippen LogP contribution is -2.33. The number of hydrogen-bond acceptors (Lipinski definition) is 4. The Bertz CT molecular complexity index is 242. The van der Waals surface area contributed by atoms with Gasteiger partial charge in [-0.15, -0.1) is 0 Å². The van der Waals surface area contributed by atoms with Gasteiger partial charge in [0.25, 0.3) is 0 Å². The third-order valence-corrected chi connectivity index (χ3v) is 4.81. The zero-order valence-corrected chi connectivity index (χ0v) is 10.3. The molecule has 0 aromatic rings. The molecule has 0 saturated carbocycles. The van der Waals surface area contributed by atoms with Gasteiger partial charge in [0.05, 0.1) is 5.25 Å². The molecule has 4 nitrogen and oxygen atoms in total. The van der Waals surface area contributed by atoms with Crippen LogP contribution in [0.2, 0.25) is 0 Å². The largest absolute Gasteiger partial charge is 0.355 e. The molecule has 1 unspecified atom stereocenters. The lowest BCUT2D eigenvalue weighted by Gasteiger charge is -2.19. The van der Waals surface area contributed by atoms with Crippen LogP contribution < -0.4 is 0 Å². The summed E-state index contributed by atoms with van der Waals surface area (Å²) < 4.78 is 33.2. The van der Waals surface area contributed by atoms with Crippen LogP contribution in [0.4, 0.5) is 0 Å². The predicted molar refractivity (Wildman–Crippen MR) is 55.9 cm³/mol. The predicted octanol–water partition coefficient (Wildman–Crippen LogP) is 1.06. The summed E-state index contributed by atoms with van der Waals surface area (Å²) in [5, 5.41) is -0.365. The highest BCUT2D eigenvalue weighted by Gasteiger charge is 2.27. The fourth-order valence-electron chi connectivity index (χ4n) is 0.988. The van der Waals surface area contributed by atoms with Crippen LogP contribution in [0.1, 0.15) is 20.8 Å². The second kappa shape index (κ2) is 5.68. The highest BCUT2D eigenvalue weighted by Crippen LogP contribution is 2.14. The van der Waals surface area contributed by atoms with E-state index in [0.717, 1.165) is 0 Å². The molecule has 0 aromatic heterocycles. The van der Waals surface area contributed by atoms with Gasteiger partial charge in [-0.25, -0.2) is 8.42 Å². The Morgan fingerprint density at radius 2 is 1.50 bits per heavy atom. The Morgan fingerprint density at radius 3 is 1.79 bits per heavy atom. The van der Waals surface area contributed by atoms with E-state index in [2.05, 4.69) is 0 Å². The molecule has 86 valence electrons. The molecule has 0 heterocycles. The Labute approximate surface area is 86.5 Å². The molecule has 0 rings (SSSR count). The maximum absolute atomic E-state index is 11.7. The van der Waals surface area contributed by atoms with Gasteiger partial charge in [0.15, 0.2) is 16.1 Å². The fourth-order valence-corrected chi connectivity index (χ4v) is 2.77. The minimum absolute atomic E-state index is 0.0840. The van der Waals surface area contributed by atoms with Crippen LogP contribution >= 0.6 is 0 Å². The van der Waals surface area contributed by atoms with E-state index in [1.807, 2.05) is 13.8 Å². The summed E-state index contributed by atoms with van der Waals surface area (Å²) in [5.74, 6) is 0.0219. The molecule has 0 amide bonds. The molecular formula is C9H20O4S. The topological polar surface area (TPSA) is 52.6 Å². The van der Waals surface area contributed by atoms with Crippen molar-refractivity contribution in [2.24, 2.45) is 5.92 Å². The first-order chi connectivity index (χ1) is 6.35. The van der Waals surface area contributed by atoms with Crippen LogP contribution in [0.3, 0.4) is 0 Å². The second-order valence-electron chi connectivity index (χ2n) is 3.68. The van der Waals surface area contributed by atoms with Gasteiger partial charge in [-0.05, 0) is 12.8 Å². The number of hydrogen-bond donors (Lipinski definition) is 0. The summed E-state index contributed by atoms with van der Waals surface area (Å²) in [6.45, 7) is 5.48. The quantitative estimate of drug-likeness (QED) is 0.633. The van der Waals surface area contributed by atoms with E-state index in [4.69, 9.17) is 9.47 Å². The number of sulfone groups is 1. The zero-order valence-electron chi connectivity index (χ0n) is 9.48. The standard InChI is InChI=1S/C9H20O4S/c1-7(2)8(3)14(10,11)6-9(12-4)13-5/h7-9H,6H2,1-5H3. The SMILES string of the molecule is COC(CS(=O)(=O)C(C)C(C)C)OC. The van der Waals surface area contributed by atoms with E-state index in [0.29, 0.717) is 0 Å².